The van der Waals surface area contributed by atoms with Crippen LogP contribution in [0.1, 0.15) is 29.8 Å². The molecule has 198 valence electrons. The van der Waals surface area contributed by atoms with Crippen molar-refractivity contribution >= 4 is 49.1 Å². The van der Waals surface area contributed by atoms with Crippen molar-refractivity contribution in [2.24, 2.45) is 0 Å². The maximum atomic E-state index is 13.4. The van der Waals surface area contributed by atoms with E-state index in [2.05, 4.69) is 29.9 Å². The van der Waals surface area contributed by atoms with Gasteiger partial charge in [0.05, 0.1) is 21.9 Å². The van der Waals surface area contributed by atoms with Gasteiger partial charge in [-0.1, -0.05) is 17.4 Å². The molecule has 0 radical (unpaired) electrons. The fraction of sp³-hybridized carbons (Fsp3) is 0.250. The monoisotopic (exact) mass is 567 g/mol. The molecule has 1 fully saturated rings. The summed E-state index contributed by atoms with van der Waals surface area (Å²) < 4.78 is 57.1. The number of benzene rings is 1. The van der Waals surface area contributed by atoms with Crippen LogP contribution in [0.4, 0.5) is 14.6 Å². The molecule has 0 saturated heterocycles. The first-order chi connectivity index (χ1) is 18.7. The summed E-state index contributed by atoms with van der Waals surface area (Å²) in [5, 5.41) is 17.8. The summed E-state index contributed by atoms with van der Waals surface area (Å²) in [5.74, 6) is 0.550. The van der Waals surface area contributed by atoms with Crippen molar-refractivity contribution in [1.29, 1.82) is 5.26 Å². The number of rotatable bonds is 8. The van der Waals surface area contributed by atoms with Gasteiger partial charge in [0, 0.05) is 31.4 Å². The molecular formula is C24H19F2N9O2S2. The molecule has 5 aromatic rings. The van der Waals surface area contributed by atoms with Crippen LogP contribution in [-0.2, 0) is 16.6 Å². The maximum absolute atomic E-state index is 13.4. The van der Waals surface area contributed by atoms with E-state index in [1.807, 2.05) is 30.1 Å². The lowest BCUT2D eigenvalue weighted by Gasteiger charge is -2.19. The summed E-state index contributed by atoms with van der Waals surface area (Å²) in [6, 6.07) is 10.3. The van der Waals surface area contributed by atoms with Gasteiger partial charge in [-0.2, -0.15) is 9.98 Å². The Kier molecular flexibility index (Phi) is 5.97. The van der Waals surface area contributed by atoms with E-state index in [4.69, 9.17) is 0 Å². The third kappa shape index (κ3) is 4.46. The molecule has 1 saturated carbocycles. The number of fused-ring (bicyclic) bond motifs is 3. The minimum atomic E-state index is -4.06. The van der Waals surface area contributed by atoms with Gasteiger partial charge in [-0.15, -0.1) is 10.2 Å². The van der Waals surface area contributed by atoms with Gasteiger partial charge in [-0.3, -0.25) is 9.55 Å². The molecule has 1 aliphatic rings. The number of nitrogens with zero attached hydrogens (tertiary/aromatic N) is 8. The highest BCUT2D eigenvalue weighted by Gasteiger charge is 2.46. The molecule has 1 aromatic carbocycles. The Morgan fingerprint density at radius 3 is 2.64 bits per heavy atom. The van der Waals surface area contributed by atoms with E-state index in [9.17, 15) is 22.5 Å². The molecular weight excluding hydrogens is 548 g/mol. The maximum Gasteiger partial charge on any atom is 0.291 e. The molecule has 0 aliphatic heterocycles. The first kappa shape index (κ1) is 25.2. The Hall–Kier alpha value is -4.13. The molecule has 11 nitrogen and oxygen atoms in total. The standard InChI is InChI=1S/C24H19F2N9O2S2/c1-34(11-14-4-8-28-9-5-14)20-18-16-3-2-15(39(36,37)33-24(12-27)6-7-24)10-17(16)35(21(18)30-13-29-20)23-32-31-22(38-23)19(25)26/h2-5,8-10,13,19,33H,6-7,11H2,1H3. The molecule has 0 bridgehead atoms. The SMILES string of the molecule is CN(Cc1ccncc1)c1ncnc2c1c1ccc(S(=O)(=O)NC3(C#N)CC3)cc1n2-c1nnc(C(F)F)s1. The molecule has 15 heteroatoms. The second-order valence-corrected chi connectivity index (χ2v) is 11.8. The molecule has 0 unspecified atom stereocenters. The Balaban J connectivity index is 1.56. The minimum absolute atomic E-state index is 0.0844. The van der Waals surface area contributed by atoms with Gasteiger partial charge in [0.2, 0.25) is 15.2 Å². The van der Waals surface area contributed by atoms with Crippen LogP contribution in [0.25, 0.3) is 27.1 Å². The van der Waals surface area contributed by atoms with Crippen molar-refractivity contribution in [1.82, 2.24) is 34.4 Å². The predicted octanol–water partition coefficient (Wildman–Crippen LogP) is 3.73. The molecule has 39 heavy (non-hydrogen) atoms. The summed E-state index contributed by atoms with van der Waals surface area (Å²) in [7, 11) is -2.21. The largest absolute Gasteiger partial charge is 0.355 e. The number of pyridine rings is 1. The Morgan fingerprint density at radius 2 is 1.97 bits per heavy atom. The third-order valence-corrected chi connectivity index (χ3v) is 8.89. The molecule has 4 aromatic heterocycles. The number of alkyl halides is 2. The minimum Gasteiger partial charge on any atom is -0.355 e. The number of aromatic nitrogens is 6. The van der Waals surface area contributed by atoms with Crippen LogP contribution >= 0.6 is 11.3 Å². The number of hydrogen-bond acceptors (Lipinski definition) is 10. The normalized spacial score (nSPS) is 14.6. The van der Waals surface area contributed by atoms with Crippen molar-refractivity contribution in [3.8, 4) is 11.2 Å². The number of sulfonamides is 1. The van der Waals surface area contributed by atoms with Crippen molar-refractivity contribution in [2.75, 3.05) is 11.9 Å². The topological polar surface area (TPSA) is 143 Å². The number of hydrogen-bond donors (Lipinski definition) is 1. The van der Waals surface area contributed by atoms with E-state index >= 15 is 0 Å². The average Bonchev–Trinajstić information content (AvgIpc) is 3.37. The van der Waals surface area contributed by atoms with Gasteiger partial charge in [0.15, 0.2) is 10.7 Å². The first-order valence-electron chi connectivity index (χ1n) is 11.7. The lowest BCUT2D eigenvalue weighted by molar-refractivity contribution is 0.150. The van der Waals surface area contributed by atoms with Gasteiger partial charge >= 0.3 is 0 Å². The molecule has 4 heterocycles. The fourth-order valence-corrected chi connectivity index (χ4v) is 6.48. The van der Waals surface area contributed by atoms with Crippen LogP contribution in [0, 0.1) is 11.3 Å². The molecule has 1 aliphatic carbocycles. The number of nitriles is 1. The highest BCUT2D eigenvalue weighted by molar-refractivity contribution is 7.89. The second kappa shape index (κ2) is 9.26. The Labute approximate surface area is 224 Å². The average molecular weight is 568 g/mol. The summed E-state index contributed by atoms with van der Waals surface area (Å²) >= 11 is 0.684. The Morgan fingerprint density at radius 1 is 1.21 bits per heavy atom. The quantitative estimate of drug-likeness (QED) is 0.297. The highest BCUT2D eigenvalue weighted by atomic mass is 32.2. The number of anilines is 1. The second-order valence-electron chi connectivity index (χ2n) is 9.14. The summed E-state index contributed by atoms with van der Waals surface area (Å²) in [4.78, 5) is 14.8. The number of halogens is 2. The van der Waals surface area contributed by atoms with Crippen molar-refractivity contribution in [3.05, 3.63) is 59.6 Å². The zero-order valence-corrected chi connectivity index (χ0v) is 21.9. The first-order valence-corrected chi connectivity index (χ1v) is 14.0. The Bertz CT molecular complexity index is 1860. The molecule has 0 atom stereocenters. The van der Waals surface area contributed by atoms with E-state index in [1.54, 1.807) is 18.5 Å². The van der Waals surface area contributed by atoms with Gasteiger partial charge in [0.1, 0.15) is 17.7 Å². The lowest BCUT2D eigenvalue weighted by atomic mass is 10.2. The highest BCUT2D eigenvalue weighted by Crippen LogP contribution is 2.39. The number of nitrogens with one attached hydrogen (secondary N) is 1. The van der Waals surface area contributed by atoms with E-state index < -0.39 is 27.0 Å². The molecule has 0 amide bonds. The van der Waals surface area contributed by atoms with Crippen LogP contribution in [-0.4, -0.2) is 50.7 Å². The van der Waals surface area contributed by atoms with Crippen molar-refractivity contribution in [2.45, 2.75) is 36.2 Å². The van der Waals surface area contributed by atoms with Gasteiger partial charge < -0.3 is 4.90 Å². The molecule has 1 N–H and O–H groups in total. The van der Waals surface area contributed by atoms with Crippen LogP contribution < -0.4 is 9.62 Å². The van der Waals surface area contributed by atoms with E-state index in [0.29, 0.717) is 58.5 Å². The van der Waals surface area contributed by atoms with Crippen LogP contribution in [0.3, 0.4) is 0 Å². The third-order valence-electron chi connectivity index (χ3n) is 6.44. The van der Waals surface area contributed by atoms with Crippen LogP contribution in [0.15, 0.2) is 53.9 Å². The smallest absolute Gasteiger partial charge is 0.291 e. The van der Waals surface area contributed by atoms with Crippen molar-refractivity contribution < 1.29 is 17.2 Å². The van der Waals surface area contributed by atoms with Crippen molar-refractivity contribution in [3.63, 3.8) is 0 Å². The van der Waals surface area contributed by atoms with Gasteiger partial charge in [0.25, 0.3) is 6.43 Å². The van der Waals surface area contributed by atoms with Crippen LogP contribution in [0.5, 0.6) is 0 Å². The van der Waals surface area contributed by atoms with E-state index in [0.717, 1.165) is 5.56 Å². The summed E-state index contributed by atoms with van der Waals surface area (Å²) in [6.07, 6.45) is 2.77. The fourth-order valence-electron chi connectivity index (χ4n) is 4.37. The summed E-state index contributed by atoms with van der Waals surface area (Å²) in [6.45, 7) is 0.488. The molecule has 0 spiro atoms. The molecule has 6 rings (SSSR count). The lowest BCUT2D eigenvalue weighted by Crippen LogP contribution is -2.35. The van der Waals surface area contributed by atoms with Gasteiger partial charge in [-0.25, -0.2) is 27.2 Å². The zero-order valence-electron chi connectivity index (χ0n) is 20.3. The van der Waals surface area contributed by atoms with E-state index in [-0.39, 0.29) is 10.0 Å². The predicted molar refractivity (Wildman–Crippen MR) is 139 cm³/mol. The zero-order chi connectivity index (χ0) is 27.4. The summed E-state index contributed by atoms with van der Waals surface area (Å²) in [5.41, 5.74) is 0.595. The van der Waals surface area contributed by atoms with Crippen LogP contribution in [0.2, 0.25) is 0 Å². The van der Waals surface area contributed by atoms with Gasteiger partial charge in [-0.05, 0) is 42.7 Å². The van der Waals surface area contributed by atoms with E-state index in [1.165, 1.54) is 23.0 Å².